The number of benzene rings is 1. The predicted molar refractivity (Wildman–Crippen MR) is 61.5 cm³/mol. The Bertz CT molecular complexity index is 421. The molecule has 0 unspecified atom stereocenters. The van der Waals surface area contributed by atoms with E-state index in [1.807, 2.05) is 0 Å². The Kier molecular flexibility index (Phi) is 4.86. The first-order chi connectivity index (χ1) is 7.99. The molecule has 0 aliphatic rings. The molecule has 0 bridgehead atoms. The summed E-state index contributed by atoms with van der Waals surface area (Å²) in [5, 5.41) is 0. The van der Waals surface area contributed by atoms with Crippen molar-refractivity contribution in [3.8, 4) is 5.75 Å². The fourth-order valence-corrected chi connectivity index (χ4v) is 1.96. The fraction of sp³-hybridized carbons (Fsp3) is 0.364. The van der Waals surface area contributed by atoms with Crippen molar-refractivity contribution >= 4 is 21.9 Å². The second kappa shape index (κ2) is 5.95. The van der Waals surface area contributed by atoms with Gasteiger partial charge in [0.2, 0.25) is 0 Å². The smallest absolute Gasteiger partial charge is 0.387 e. The van der Waals surface area contributed by atoms with Crippen LogP contribution in [0, 0.1) is 0 Å². The maximum atomic E-state index is 12.2. The van der Waals surface area contributed by atoms with Crippen molar-refractivity contribution in [2.75, 3.05) is 7.11 Å². The highest BCUT2D eigenvalue weighted by atomic mass is 79.9. The lowest BCUT2D eigenvalue weighted by molar-refractivity contribution is -0.0509. The summed E-state index contributed by atoms with van der Waals surface area (Å²) in [6, 6.07) is 2.87. The fourth-order valence-electron chi connectivity index (χ4n) is 1.37. The zero-order valence-corrected chi connectivity index (χ0v) is 10.9. The molecule has 0 saturated heterocycles. The van der Waals surface area contributed by atoms with E-state index in [0.717, 1.165) is 0 Å². The molecule has 0 aromatic heterocycles. The molecule has 0 radical (unpaired) electrons. The van der Waals surface area contributed by atoms with Gasteiger partial charge in [0.15, 0.2) is 0 Å². The third-order valence-corrected chi connectivity index (χ3v) is 2.72. The maximum absolute atomic E-state index is 12.2. The second-order valence-corrected chi connectivity index (χ2v) is 4.02. The average molecular weight is 309 g/mol. The Hall–Kier alpha value is -1.17. The first-order valence-electron chi connectivity index (χ1n) is 4.85. The van der Waals surface area contributed by atoms with Crippen molar-refractivity contribution in [1.29, 1.82) is 0 Å². The van der Waals surface area contributed by atoms with Crippen LogP contribution < -0.4 is 4.74 Å². The Morgan fingerprint density at radius 2 is 2.12 bits per heavy atom. The Morgan fingerprint density at radius 3 is 2.59 bits per heavy atom. The molecule has 0 atom stereocenters. The number of esters is 1. The van der Waals surface area contributed by atoms with Crippen LogP contribution in [0.25, 0.3) is 0 Å². The molecule has 0 fully saturated rings. The largest absolute Gasteiger partial charge is 0.465 e. The van der Waals surface area contributed by atoms with E-state index < -0.39 is 12.6 Å². The molecule has 0 aliphatic carbocycles. The molecule has 17 heavy (non-hydrogen) atoms. The quantitative estimate of drug-likeness (QED) is 0.800. The molecule has 0 saturated carbocycles. The number of methoxy groups -OCH3 is 1. The van der Waals surface area contributed by atoms with Crippen LogP contribution in [0.3, 0.4) is 0 Å². The highest BCUT2D eigenvalue weighted by Gasteiger charge is 2.16. The standard InChI is InChI=1S/C11H11BrF2O3/c1-3-6-4-7(10(15)16-2)5-8(12)9(6)17-11(13)14/h4-5,11H,3H2,1-2H3. The van der Waals surface area contributed by atoms with Gasteiger partial charge >= 0.3 is 12.6 Å². The van der Waals surface area contributed by atoms with Gasteiger partial charge in [-0.05, 0) is 40.0 Å². The molecule has 6 heteroatoms. The number of hydrogen-bond donors (Lipinski definition) is 0. The lowest BCUT2D eigenvalue weighted by Crippen LogP contribution is -2.08. The number of alkyl halides is 2. The van der Waals surface area contributed by atoms with Crippen molar-refractivity contribution < 1.29 is 23.0 Å². The number of aryl methyl sites for hydroxylation is 1. The summed E-state index contributed by atoms with van der Waals surface area (Å²) in [6.07, 6.45) is 0.464. The summed E-state index contributed by atoms with van der Waals surface area (Å²) in [4.78, 5) is 11.3. The predicted octanol–water partition coefficient (Wildman–Crippen LogP) is 3.40. The van der Waals surface area contributed by atoms with Crippen LogP contribution in [0.2, 0.25) is 0 Å². The molecule has 0 N–H and O–H groups in total. The SMILES string of the molecule is CCc1cc(C(=O)OC)cc(Br)c1OC(F)F. The number of carbonyl (C=O) groups is 1. The van der Waals surface area contributed by atoms with Crippen LogP contribution in [0.5, 0.6) is 5.75 Å². The van der Waals surface area contributed by atoms with E-state index in [1.54, 1.807) is 6.92 Å². The van der Waals surface area contributed by atoms with Crippen LogP contribution in [-0.2, 0) is 11.2 Å². The van der Waals surface area contributed by atoms with Crippen LogP contribution >= 0.6 is 15.9 Å². The maximum Gasteiger partial charge on any atom is 0.387 e. The molecular formula is C11H11BrF2O3. The molecule has 0 aliphatic heterocycles. The normalized spacial score (nSPS) is 10.5. The molecule has 1 aromatic carbocycles. The van der Waals surface area contributed by atoms with Crippen LogP contribution in [0.4, 0.5) is 8.78 Å². The minimum atomic E-state index is -2.90. The van der Waals surface area contributed by atoms with Crippen molar-refractivity contribution in [3.05, 3.63) is 27.7 Å². The van der Waals surface area contributed by atoms with Crippen LogP contribution in [0.1, 0.15) is 22.8 Å². The van der Waals surface area contributed by atoms with Crippen molar-refractivity contribution in [2.24, 2.45) is 0 Å². The van der Waals surface area contributed by atoms with Gasteiger partial charge in [0.25, 0.3) is 0 Å². The molecule has 1 aromatic rings. The minimum absolute atomic E-state index is 0.0511. The zero-order valence-electron chi connectivity index (χ0n) is 9.30. The summed E-state index contributed by atoms with van der Waals surface area (Å²) >= 11 is 3.10. The van der Waals surface area contributed by atoms with E-state index in [9.17, 15) is 13.6 Å². The van der Waals surface area contributed by atoms with Gasteiger partial charge in [-0.15, -0.1) is 0 Å². The lowest BCUT2D eigenvalue weighted by Gasteiger charge is -2.13. The third-order valence-electron chi connectivity index (χ3n) is 2.13. The first-order valence-corrected chi connectivity index (χ1v) is 5.64. The van der Waals surface area contributed by atoms with E-state index in [2.05, 4.69) is 25.4 Å². The van der Waals surface area contributed by atoms with Crippen LogP contribution in [0.15, 0.2) is 16.6 Å². The minimum Gasteiger partial charge on any atom is -0.465 e. The molecule has 0 amide bonds. The van der Waals surface area contributed by atoms with E-state index >= 15 is 0 Å². The van der Waals surface area contributed by atoms with Gasteiger partial charge < -0.3 is 9.47 Å². The van der Waals surface area contributed by atoms with Gasteiger partial charge in [-0.2, -0.15) is 8.78 Å². The summed E-state index contributed by atoms with van der Waals surface area (Å²) in [6.45, 7) is -1.12. The number of carbonyl (C=O) groups excluding carboxylic acids is 1. The molecule has 94 valence electrons. The van der Waals surface area contributed by atoms with Crippen molar-refractivity contribution in [2.45, 2.75) is 20.0 Å². The van der Waals surface area contributed by atoms with Gasteiger partial charge in [-0.25, -0.2) is 4.79 Å². The molecule has 0 heterocycles. The number of ether oxygens (including phenoxy) is 2. The monoisotopic (exact) mass is 308 g/mol. The highest BCUT2D eigenvalue weighted by Crippen LogP contribution is 2.32. The van der Waals surface area contributed by atoms with Crippen LogP contribution in [-0.4, -0.2) is 19.7 Å². The average Bonchev–Trinajstić information content (AvgIpc) is 2.29. The van der Waals surface area contributed by atoms with Gasteiger partial charge in [-0.1, -0.05) is 6.92 Å². The van der Waals surface area contributed by atoms with Gasteiger partial charge in [0.1, 0.15) is 5.75 Å². The van der Waals surface area contributed by atoms with E-state index in [-0.39, 0.29) is 11.3 Å². The van der Waals surface area contributed by atoms with Crippen molar-refractivity contribution in [1.82, 2.24) is 0 Å². The van der Waals surface area contributed by atoms with Gasteiger partial charge in [-0.3, -0.25) is 0 Å². The Labute approximate surface area is 106 Å². The summed E-state index contributed by atoms with van der Waals surface area (Å²) < 4.78 is 33.7. The highest BCUT2D eigenvalue weighted by molar-refractivity contribution is 9.10. The summed E-state index contributed by atoms with van der Waals surface area (Å²) in [5.74, 6) is -0.473. The Morgan fingerprint density at radius 1 is 1.47 bits per heavy atom. The number of rotatable bonds is 4. The zero-order chi connectivity index (χ0) is 13.0. The summed E-state index contributed by atoms with van der Waals surface area (Å²) in [5.41, 5.74) is 0.804. The molecule has 3 nitrogen and oxygen atoms in total. The molecule has 0 spiro atoms. The second-order valence-electron chi connectivity index (χ2n) is 3.17. The first kappa shape index (κ1) is 13.9. The number of hydrogen-bond acceptors (Lipinski definition) is 3. The topological polar surface area (TPSA) is 35.5 Å². The van der Waals surface area contributed by atoms with Gasteiger partial charge in [0, 0.05) is 0 Å². The molecular weight excluding hydrogens is 298 g/mol. The van der Waals surface area contributed by atoms with E-state index in [1.165, 1.54) is 19.2 Å². The molecule has 1 rings (SSSR count). The third kappa shape index (κ3) is 3.39. The summed E-state index contributed by atoms with van der Waals surface area (Å²) in [7, 11) is 1.26. The van der Waals surface area contributed by atoms with E-state index in [0.29, 0.717) is 16.5 Å². The number of halogens is 3. The van der Waals surface area contributed by atoms with Gasteiger partial charge in [0.05, 0.1) is 17.1 Å². The van der Waals surface area contributed by atoms with E-state index in [4.69, 9.17) is 0 Å². The Balaban J connectivity index is 3.20. The lowest BCUT2D eigenvalue weighted by atomic mass is 10.1. The van der Waals surface area contributed by atoms with Crippen molar-refractivity contribution in [3.63, 3.8) is 0 Å².